The van der Waals surface area contributed by atoms with Gasteiger partial charge in [0.2, 0.25) is 11.7 Å². The first-order valence-electron chi connectivity index (χ1n) is 6.99. The van der Waals surface area contributed by atoms with Crippen molar-refractivity contribution in [3.05, 3.63) is 22.6 Å². The number of guanidine groups is 1. The molecule has 0 fully saturated rings. The fourth-order valence-electron chi connectivity index (χ4n) is 2.34. The number of nitrogens with two attached hydrogens (primary N) is 2. The molecule has 0 aromatic carbocycles. The van der Waals surface area contributed by atoms with Gasteiger partial charge in [-0.3, -0.25) is 0 Å². The number of esters is 1. The number of fused-ring (bicyclic) bond motifs is 1. The van der Waals surface area contributed by atoms with Gasteiger partial charge in [-0.2, -0.15) is 5.10 Å². The van der Waals surface area contributed by atoms with E-state index in [1.165, 1.54) is 0 Å². The third kappa shape index (κ3) is 3.24. The van der Waals surface area contributed by atoms with Crippen LogP contribution in [0.4, 0.5) is 0 Å². The molecule has 0 radical (unpaired) electrons. The van der Waals surface area contributed by atoms with Crippen molar-refractivity contribution >= 4 is 17.6 Å². The zero-order chi connectivity index (χ0) is 15.4. The van der Waals surface area contributed by atoms with Gasteiger partial charge in [-0.25, -0.2) is 4.79 Å². The molecule has 114 valence electrons. The fourth-order valence-corrected chi connectivity index (χ4v) is 2.34. The maximum absolute atomic E-state index is 12.0. The Kier molecular flexibility index (Phi) is 4.62. The highest BCUT2D eigenvalue weighted by atomic mass is 16.5. The van der Waals surface area contributed by atoms with Crippen LogP contribution in [0.3, 0.4) is 0 Å². The van der Waals surface area contributed by atoms with Crippen LogP contribution in [0, 0.1) is 6.92 Å². The van der Waals surface area contributed by atoms with E-state index in [4.69, 9.17) is 20.6 Å². The van der Waals surface area contributed by atoms with E-state index in [0.29, 0.717) is 6.61 Å². The fraction of sp³-hybridized carbons (Fsp3) is 0.500. The average Bonchev–Trinajstić information content (AvgIpc) is 2.80. The van der Waals surface area contributed by atoms with E-state index >= 15 is 0 Å². The molecule has 0 amide bonds. The molecule has 1 heterocycles. The second-order valence-electron chi connectivity index (χ2n) is 4.92. The van der Waals surface area contributed by atoms with Crippen LogP contribution >= 0.6 is 0 Å². The molecule has 2 rings (SSSR count). The molecule has 21 heavy (non-hydrogen) atoms. The third-order valence-corrected chi connectivity index (χ3v) is 3.23. The Hall–Kier alpha value is -2.31. The molecular weight excluding hydrogens is 272 g/mol. The van der Waals surface area contributed by atoms with Crippen LogP contribution in [0.2, 0.25) is 0 Å². The molecule has 0 aliphatic heterocycles. The van der Waals surface area contributed by atoms with Gasteiger partial charge in [-0.15, -0.1) is 5.10 Å². The number of hydrogen-bond donors (Lipinski definition) is 2. The minimum Gasteiger partial charge on any atom is -0.460 e. The van der Waals surface area contributed by atoms with Crippen LogP contribution in [0.15, 0.2) is 14.6 Å². The van der Waals surface area contributed by atoms with Crippen LogP contribution in [0.1, 0.15) is 53.6 Å². The molecule has 0 bridgehead atoms. The van der Waals surface area contributed by atoms with Gasteiger partial charge in [0.1, 0.15) is 5.76 Å². The minimum absolute atomic E-state index is 0.0987. The lowest BCUT2D eigenvalue weighted by molar-refractivity contribution is 0.0465. The SMILES string of the molecule is CCCOC(=O)c1oc2c(c1C)/C(=N/N=C(N)N)CCC2. The number of aryl methyl sites for hydroxylation is 1. The van der Waals surface area contributed by atoms with Crippen molar-refractivity contribution in [2.45, 2.75) is 39.5 Å². The molecule has 0 saturated carbocycles. The summed E-state index contributed by atoms with van der Waals surface area (Å²) in [6, 6.07) is 0. The monoisotopic (exact) mass is 292 g/mol. The molecule has 1 aliphatic carbocycles. The molecule has 4 N–H and O–H groups in total. The van der Waals surface area contributed by atoms with Gasteiger partial charge >= 0.3 is 5.97 Å². The molecule has 1 aliphatic rings. The summed E-state index contributed by atoms with van der Waals surface area (Å²) in [7, 11) is 0. The summed E-state index contributed by atoms with van der Waals surface area (Å²) in [6.07, 6.45) is 3.15. The van der Waals surface area contributed by atoms with Gasteiger partial charge < -0.3 is 20.6 Å². The van der Waals surface area contributed by atoms with Gasteiger partial charge in [0.25, 0.3) is 0 Å². The summed E-state index contributed by atoms with van der Waals surface area (Å²) in [5, 5.41) is 7.76. The van der Waals surface area contributed by atoms with Gasteiger partial charge in [-0.05, 0) is 26.2 Å². The van der Waals surface area contributed by atoms with Crippen molar-refractivity contribution in [1.82, 2.24) is 0 Å². The number of carbonyl (C=O) groups is 1. The van der Waals surface area contributed by atoms with Crippen LogP contribution in [-0.2, 0) is 11.2 Å². The summed E-state index contributed by atoms with van der Waals surface area (Å²) in [5.41, 5.74) is 12.9. The molecular formula is C14H20N4O3. The van der Waals surface area contributed by atoms with E-state index < -0.39 is 5.97 Å². The van der Waals surface area contributed by atoms with Crippen molar-refractivity contribution in [3.63, 3.8) is 0 Å². The highest BCUT2D eigenvalue weighted by Gasteiger charge is 2.28. The number of carbonyl (C=O) groups excluding carboxylic acids is 1. The molecule has 0 saturated heterocycles. The zero-order valence-corrected chi connectivity index (χ0v) is 12.3. The second kappa shape index (κ2) is 6.43. The van der Waals surface area contributed by atoms with Crippen molar-refractivity contribution in [2.24, 2.45) is 21.7 Å². The lowest BCUT2D eigenvalue weighted by Crippen LogP contribution is -2.22. The van der Waals surface area contributed by atoms with E-state index in [9.17, 15) is 4.79 Å². The first-order valence-corrected chi connectivity index (χ1v) is 6.99. The average molecular weight is 292 g/mol. The second-order valence-corrected chi connectivity index (χ2v) is 4.92. The highest BCUT2D eigenvalue weighted by molar-refractivity contribution is 6.05. The molecule has 1 aromatic rings. The van der Waals surface area contributed by atoms with E-state index in [-0.39, 0.29) is 11.7 Å². The maximum atomic E-state index is 12.0. The molecule has 7 heteroatoms. The van der Waals surface area contributed by atoms with Crippen molar-refractivity contribution in [1.29, 1.82) is 0 Å². The zero-order valence-electron chi connectivity index (χ0n) is 12.3. The summed E-state index contributed by atoms with van der Waals surface area (Å²) in [4.78, 5) is 12.0. The molecule has 0 atom stereocenters. The van der Waals surface area contributed by atoms with E-state index in [1.807, 2.05) is 13.8 Å². The Morgan fingerprint density at radius 3 is 2.81 bits per heavy atom. The quantitative estimate of drug-likeness (QED) is 0.377. The van der Waals surface area contributed by atoms with Gasteiger partial charge in [-0.1, -0.05) is 6.92 Å². The normalized spacial score (nSPS) is 15.6. The van der Waals surface area contributed by atoms with Crippen molar-refractivity contribution in [2.75, 3.05) is 6.61 Å². The van der Waals surface area contributed by atoms with Crippen LogP contribution in [0.25, 0.3) is 0 Å². The number of hydrogen-bond acceptors (Lipinski definition) is 5. The van der Waals surface area contributed by atoms with Crippen LogP contribution in [0.5, 0.6) is 0 Å². The summed E-state index contributed by atoms with van der Waals surface area (Å²) >= 11 is 0. The van der Waals surface area contributed by atoms with E-state index in [2.05, 4.69) is 10.2 Å². The Morgan fingerprint density at radius 2 is 2.14 bits per heavy atom. The Bertz CT molecular complexity index is 598. The van der Waals surface area contributed by atoms with Crippen LogP contribution < -0.4 is 11.5 Å². The van der Waals surface area contributed by atoms with Gasteiger partial charge in [0, 0.05) is 17.5 Å². The van der Waals surface area contributed by atoms with E-state index in [1.54, 1.807) is 0 Å². The van der Waals surface area contributed by atoms with Crippen molar-refractivity contribution < 1.29 is 13.9 Å². The Balaban J connectivity index is 2.37. The number of ether oxygens (including phenoxy) is 1. The first-order chi connectivity index (χ1) is 10.0. The predicted molar refractivity (Wildman–Crippen MR) is 79.3 cm³/mol. The Morgan fingerprint density at radius 1 is 1.38 bits per heavy atom. The number of rotatable bonds is 4. The lowest BCUT2D eigenvalue weighted by atomic mass is 9.93. The van der Waals surface area contributed by atoms with E-state index in [0.717, 1.165) is 48.3 Å². The standard InChI is InChI=1S/C14H20N4O3/c1-3-7-20-13(19)12-8(2)11-9(17-18-14(15)16)5-4-6-10(11)21-12/h3-7H2,1-2H3,(H4,15,16,18)/b17-9+. The molecule has 0 spiro atoms. The smallest absolute Gasteiger partial charge is 0.374 e. The largest absolute Gasteiger partial charge is 0.460 e. The highest BCUT2D eigenvalue weighted by Crippen LogP contribution is 2.30. The number of furan rings is 1. The Labute approximate surface area is 123 Å². The van der Waals surface area contributed by atoms with Crippen molar-refractivity contribution in [3.8, 4) is 0 Å². The molecule has 7 nitrogen and oxygen atoms in total. The predicted octanol–water partition coefficient (Wildman–Crippen LogP) is 1.47. The maximum Gasteiger partial charge on any atom is 0.374 e. The number of nitrogens with zero attached hydrogens (tertiary/aromatic N) is 2. The van der Waals surface area contributed by atoms with Crippen LogP contribution in [-0.4, -0.2) is 24.2 Å². The molecule has 1 aromatic heterocycles. The third-order valence-electron chi connectivity index (χ3n) is 3.23. The first kappa shape index (κ1) is 15.1. The van der Waals surface area contributed by atoms with Gasteiger partial charge in [0.15, 0.2) is 0 Å². The van der Waals surface area contributed by atoms with Gasteiger partial charge in [0.05, 0.1) is 12.3 Å². The molecule has 0 unspecified atom stereocenters. The lowest BCUT2D eigenvalue weighted by Gasteiger charge is -2.11. The topological polar surface area (TPSA) is 116 Å². The minimum atomic E-state index is -0.440. The summed E-state index contributed by atoms with van der Waals surface area (Å²) in [6.45, 7) is 4.13. The summed E-state index contributed by atoms with van der Waals surface area (Å²) in [5.74, 6) is 0.447. The summed E-state index contributed by atoms with van der Waals surface area (Å²) < 4.78 is 10.8.